The van der Waals surface area contributed by atoms with Crippen molar-refractivity contribution in [3.8, 4) is 0 Å². The summed E-state index contributed by atoms with van der Waals surface area (Å²) in [7, 11) is 0. The molecule has 0 aromatic rings. The molecule has 1 heterocycles. The van der Waals surface area contributed by atoms with Crippen LogP contribution in [0.1, 0.15) is 53.4 Å². The van der Waals surface area contributed by atoms with Crippen molar-refractivity contribution in [2.45, 2.75) is 83.8 Å². The van der Waals surface area contributed by atoms with Gasteiger partial charge < -0.3 is 14.4 Å². The highest BCUT2D eigenvalue weighted by Gasteiger charge is 2.34. The van der Waals surface area contributed by atoms with Gasteiger partial charge in [-0.05, 0) is 53.4 Å². The highest BCUT2D eigenvalue weighted by Crippen LogP contribution is 2.30. The Kier molecular flexibility index (Phi) is 5.05. The molecule has 106 valence electrons. The Hall–Kier alpha value is -0.120. The number of hydrogen-bond acceptors (Lipinski definition) is 3. The summed E-state index contributed by atoms with van der Waals surface area (Å²) in [4.78, 5) is 2.55. The van der Waals surface area contributed by atoms with Gasteiger partial charge in [-0.1, -0.05) is 0 Å². The van der Waals surface area contributed by atoms with Crippen molar-refractivity contribution in [2.75, 3.05) is 13.1 Å². The van der Waals surface area contributed by atoms with E-state index in [0.717, 1.165) is 12.8 Å². The van der Waals surface area contributed by atoms with Crippen LogP contribution >= 0.6 is 0 Å². The van der Waals surface area contributed by atoms with Crippen LogP contribution in [0.25, 0.3) is 0 Å². The van der Waals surface area contributed by atoms with Gasteiger partial charge in [0, 0.05) is 19.1 Å². The van der Waals surface area contributed by atoms with Gasteiger partial charge in [-0.2, -0.15) is 0 Å². The molecule has 0 amide bonds. The molecule has 0 spiro atoms. The Morgan fingerprint density at radius 2 is 1.50 bits per heavy atom. The molecular weight excluding hydrogens is 226 g/mol. The van der Waals surface area contributed by atoms with E-state index in [2.05, 4.69) is 32.6 Å². The second-order valence-corrected chi connectivity index (χ2v) is 6.37. The zero-order valence-electron chi connectivity index (χ0n) is 12.4. The van der Waals surface area contributed by atoms with Crippen molar-refractivity contribution < 1.29 is 9.47 Å². The average molecular weight is 255 g/mol. The fourth-order valence-electron chi connectivity index (χ4n) is 2.92. The minimum atomic E-state index is 0.352. The SMILES string of the molecule is CC(C)OC1CC(OC2CCN(C(C)C)CC2)C1. The second-order valence-electron chi connectivity index (χ2n) is 6.37. The first-order valence-electron chi connectivity index (χ1n) is 7.59. The summed E-state index contributed by atoms with van der Waals surface area (Å²) >= 11 is 0. The normalized spacial score (nSPS) is 31.0. The molecule has 0 atom stereocenters. The molecule has 0 unspecified atom stereocenters. The summed E-state index contributed by atoms with van der Waals surface area (Å²) in [6.07, 6.45) is 6.35. The van der Waals surface area contributed by atoms with Crippen molar-refractivity contribution in [2.24, 2.45) is 0 Å². The Labute approximate surface area is 112 Å². The molecular formula is C15H29NO2. The third-order valence-electron chi connectivity index (χ3n) is 4.11. The minimum absolute atomic E-state index is 0.352. The predicted octanol–water partition coefficient (Wildman–Crippen LogP) is 2.83. The molecule has 1 aliphatic heterocycles. The van der Waals surface area contributed by atoms with Gasteiger partial charge in [-0.25, -0.2) is 0 Å². The van der Waals surface area contributed by atoms with Gasteiger partial charge in [-0.3, -0.25) is 0 Å². The zero-order chi connectivity index (χ0) is 13.1. The molecule has 0 N–H and O–H groups in total. The van der Waals surface area contributed by atoms with E-state index in [4.69, 9.17) is 9.47 Å². The van der Waals surface area contributed by atoms with E-state index in [-0.39, 0.29) is 0 Å². The molecule has 1 aliphatic carbocycles. The number of nitrogens with zero attached hydrogens (tertiary/aromatic N) is 1. The molecule has 3 nitrogen and oxygen atoms in total. The maximum absolute atomic E-state index is 6.16. The van der Waals surface area contributed by atoms with E-state index < -0.39 is 0 Å². The van der Waals surface area contributed by atoms with Gasteiger partial charge in [0.05, 0.1) is 24.4 Å². The first-order chi connectivity index (χ1) is 8.54. The quantitative estimate of drug-likeness (QED) is 0.754. The highest BCUT2D eigenvalue weighted by molar-refractivity contribution is 4.84. The van der Waals surface area contributed by atoms with Gasteiger partial charge in [-0.15, -0.1) is 0 Å². The lowest BCUT2D eigenvalue weighted by atomic mass is 9.91. The van der Waals surface area contributed by atoms with E-state index in [0.29, 0.717) is 30.5 Å². The summed E-state index contributed by atoms with van der Waals surface area (Å²) in [6, 6.07) is 0.679. The fraction of sp³-hybridized carbons (Fsp3) is 1.00. The van der Waals surface area contributed by atoms with Gasteiger partial charge >= 0.3 is 0 Å². The largest absolute Gasteiger partial charge is 0.375 e. The highest BCUT2D eigenvalue weighted by atomic mass is 16.5. The van der Waals surface area contributed by atoms with E-state index in [9.17, 15) is 0 Å². The maximum atomic E-state index is 6.16. The number of hydrogen-bond donors (Lipinski definition) is 0. The number of likely N-dealkylation sites (tertiary alicyclic amines) is 1. The smallest absolute Gasteiger partial charge is 0.0628 e. The van der Waals surface area contributed by atoms with E-state index in [1.165, 1.54) is 25.9 Å². The number of ether oxygens (including phenoxy) is 2. The van der Waals surface area contributed by atoms with Crippen molar-refractivity contribution in [1.82, 2.24) is 4.90 Å². The summed E-state index contributed by atoms with van der Waals surface area (Å²) < 4.78 is 11.9. The monoisotopic (exact) mass is 255 g/mol. The number of rotatable bonds is 5. The predicted molar refractivity (Wildman–Crippen MR) is 73.8 cm³/mol. The van der Waals surface area contributed by atoms with Crippen LogP contribution in [0.2, 0.25) is 0 Å². The van der Waals surface area contributed by atoms with Crippen LogP contribution in [0, 0.1) is 0 Å². The van der Waals surface area contributed by atoms with Crippen molar-refractivity contribution in [1.29, 1.82) is 0 Å². The lowest BCUT2D eigenvalue weighted by Gasteiger charge is -2.41. The molecule has 2 rings (SSSR count). The molecule has 1 saturated carbocycles. The zero-order valence-corrected chi connectivity index (χ0v) is 12.4. The molecule has 1 saturated heterocycles. The summed E-state index contributed by atoms with van der Waals surface area (Å²) in [6.45, 7) is 11.2. The van der Waals surface area contributed by atoms with Gasteiger partial charge in [0.1, 0.15) is 0 Å². The molecule has 0 aromatic carbocycles. The second kappa shape index (κ2) is 6.36. The third kappa shape index (κ3) is 3.94. The Morgan fingerprint density at radius 1 is 0.889 bits per heavy atom. The lowest BCUT2D eigenvalue weighted by molar-refractivity contribution is -0.146. The molecule has 2 aliphatic rings. The summed E-state index contributed by atoms with van der Waals surface area (Å²) in [5.41, 5.74) is 0. The van der Waals surface area contributed by atoms with Crippen molar-refractivity contribution in [3.63, 3.8) is 0 Å². The fourth-order valence-corrected chi connectivity index (χ4v) is 2.92. The molecule has 3 heteroatoms. The van der Waals surface area contributed by atoms with Crippen LogP contribution in [0.3, 0.4) is 0 Å². The standard InChI is InChI=1S/C15H29NO2/c1-11(2)16-7-5-13(6-8-16)18-15-9-14(10-15)17-12(3)4/h11-15H,5-10H2,1-4H3. The first kappa shape index (κ1) is 14.3. The number of piperidine rings is 1. The lowest BCUT2D eigenvalue weighted by Crippen LogP contribution is -2.45. The molecule has 0 aromatic heterocycles. The van der Waals surface area contributed by atoms with E-state index in [1.807, 2.05) is 0 Å². The molecule has 18 heavy (non-hydrogen) atoms. The first-order valence-corrected chi connectivity index (χ1v) is 7.59. The Balaban J connectivity index is 1.59. The van der Waals surface area contributed by atoms with Gasteiger partial charge in [0.15, 0.2) is 0 Å². The van der Waals surface area contributed by atoms with Crippen LogP contribution in [-0.2, 0) is 9.47 Å². The topological polar surface area (TPSA) is 21.7 Å². The average Bonchev–Trinajstić information content (AvgIpc) is 2.26. The van der Waals surface area contributed by atoms with E-state index in [1.54, 1.807) is 0 Å². The van der Waals surface area contributed by atoms with Gasteiger partial charge in [0.25, 0.3) is 0 Å². The van der Waals surface area contributed by atoms with Crippen LogP contribution in [0.4, 0.5) is 0 Å². The Morgan fingerprint density at radius 3 is 2.00 bits per heavy atom. The van der Waals surface area contributed by atoms with Crippen molar-refractivity contribution >= 4 is 0 Å². The summed E-state index contributed by atoms with van der Waals surface area (Å²) in [5.74, 6) is 0. The molecule has 0 radical (unpaired) electrons. The molecule has 0 bridgehead atoms. The molecule has 2 fully saturated rings. The minimum Gasteiger partial charge on any atom is -0.375 e. The Bertz CT molecular complexity index is 241. The summed E-state index contributed by atoms with van der Waals surface area (Å²) in [5, 5.41) is 0. The maximum Gasteiger partial charge on any atom is 0.0628 e. The third-order valence-corrected chi connectivity index (χ3v) is 4.11. The van der Waals surface area contributed by atoms with Crippen LogP contribution in [0.5, 0.6) is 0 Å². The van der Waals surface area contributed by atoms with Crippen LogP contribution in [0.15, 0.2) is 0 Å². The van der Waals surface area contributed by atoms with Gasteiger partial charge in [0.2, 0.25) is 0 Å². The van der Waals surface area contributed by atoms with Crippen molar-refractivity contribution in [3.05, 3.63) is 0 Å². The van der Waals surface area contributed by atoms with E-state index >= 15 is 0 Å². The van der Waals surface area contributed by atoms with Crippen LogP contribution in [-0.4, -0.2) is 48.4 Å². The van der Waals surface area contributed by atoms with Crippen LogP contribution < -0.4 is 0 Å².